The molecule has 0 amide bonds. The second-order valence-electron chi connectivity index (χ2n) is 3.41. The predicted molar refractivity (Wildman–Crippen MR) is 56.4 cm³/mol. The van der Waals surface area contributed by atoms with Crippen LogP contribution < -0.4 is 0 Å². The molecular formula is C9H12ClN3O. The number of nitrogens with one attached hydrogen (secondary N) is 2. The lowest BCUT2D eigenvalue weighted by Crippen LogP contribution is -2.15. The molecule has 1 aromatic rings. The predicted octanol–water partition coefficient (Wildman–Crippen LogP) is 1.87. The number of halogens is 1. The third kappa shape index (κ3) is 2.68. The van der Waals surface area contributed by atoms with E-state index in [1.54, 1.807) is 20.0 Å². The van der Waals surface area contributed by atoms with Crippen LogP contribution in [0.1, 0.15) is 25.4 Å². The largest absolute Gasteiger partial charge is 0.384 e. The Morgan fingerprint density at radius 1 is 1.71 bits per heavy atom. The molecule has 14 heavy (non-hydrogen) atoms. The second-order valence-corrected chi connectivity index (χ2v) is 3.85. The first kappa shape index (κ1) is 10.9. The van der Waals surface area contributed by atoms with Crippen molar-refractivity contribution in [3.8, 4) is 0 Å². The van der Waals surface area contributed by atoms with E-state index in [1.165, 1.54) is 6.08 Å². The van der Waals surface area contributed by atoms with E-state index in [2.05, 4.69) is 9.97 Å². The number of aromatic nitrogens is 2. The first-order chi connectivity index (χ1) is 6.43. The zero-order valence-electron chi connectivity index (χ0n) is 8.00. The molecule has 0 fully saturated rings. The molecule has 1 heterocycles. The van der Waals surface area contributed by atoms with Crippen LogP contribution in [0, 0.1) is 5.41 Å². The monoisotopic (exact) mass is 213 g/mol. The summed E-state index contributed by atoms with van der Waals surface area (Å²) in [5.41, 5.74) is -0.339. The molecular weight excluding hydrogens is 202 g/mol. The van der Waals surface area contributed by atoms with Crippen LogP contribution in [0.5, 0.6) is 0 Å². The van der Waals surface area contributed by atoms with E-state index in [-0.39, 0.29) is 5.03 Å². The third-order valence-electron chi connectivity index (χ3n) is 1.67. The van der Waals surface area contributed by atoms with Crippen LogP contribution >= 0.6 is 11.6 Å². The van der Waals surface area contributed by atoms with Gasteiger partial charge in [-0.3, -0.25) is 0 Å². The van der Waals surface area contributed by atoms with Gasteiger partial charge in [0.1, 0.15) is 11.4 Å². The number of rotatable bonds is 3. The molecule has 0 aliphatic rings. The average molecular weight is 214 g/mol. The minimum atomic E-state index is -0.948. The maximum absolute atomic E-state index is 9.62. The average Bonchev–Trinajstić information content (AvgIpc) is 2.51. The van der Waals surface area contributed by atoms with Crippen molar-refractivity contribution in [1.82, 2.24) is 9.97 Å². The molecule has 1 aromatic heterocycles. The Balaban J connectivity index is 2.95. The Labute approximate surface area is 87.1 Å². The van der Waals surface area contributed by atoms with Gasteiger partial charge in [0.25, 0.3) is 0 Å². The molecule has 5 heteroatoms. The standard InChI is InChI=1S/C9H12ClN3O/c1-9(2,14)7-5-12-8(13-7)3-6(10)4-11/h3-5,11,14H,1-2H3,(H,12,13)/b6-3+,11-4?. The van der Waals surface area contributed by atoms with Crippen molar-refractivity contribution in [2.75, 3.05) is 0 Å². The Morgan fingerprint density at radius 2 is 2.36 bits per heavy atom. The Hall–Kier alpha value is -1.13. The van der Waals surface area contributed by atoms with Crippen molar-refractivity contribution >= 4 is 23.9 Å². The molecule has 3 N–H and O–H groups in total. The molecule has 0 bridgehead atoms. The molecule has 0 aromatic carbocycles. The van der Waals surface area contributed by atoms with Gasteiger partial charge in [-0.05, 0) is 13.8 Å². The molecule has 0 atom stereocenters. The fourth-order valence-corrected chi connectivity index (χ4v) is 0.997. The van der Waals surface area contributed by atoms with E-state index < -0.39 is 5.60 Å². The van der Waals surface area contributed by atoms with Gasteiger partial charge < -0.3 is 15.5 Å². The van der Waals surface area contributed by atoms with Gasteiger partial charge in [0.05, 0.1) is 16.9 Å². The van der Waals surface area contributed by atoms with Crippen molar-refractivity contribution in [3.63, 3.8) is 0 Å². The summed E-state index contributed by atoms with van der Waals surface area (Å²) in [6, 6.07) is 0. The highest BCUT2D eigenvalue weighted by atomic mass is 35.5. The Morgan fingerprint density at radius 3 is 2.79 bits per heavy atom. The molecule has 0 aliphatic heterocycles. The maximum atomic E-state index is 9.62. The van der Waals surface area contributed by atoms with Crippen LogP contribution in [0.3, 0.4) is 0 Å². The third-order valence-corrected chi connectivity index (χ3v) is 1.89. The first-order valence-corrected chi connectivity index (χ1v) is 4.47. The summed E-state index contributed by atoms with van der Waals surface area (Å²) in [5.74, 6) is 0.524. The highest BCUT2D eigenvalue weighted by molar-refractivity contribution is 6.40. The summed E-state index contributed by atoms with van der Waals surface area (Å²) < 4.78 is 0. The second kappa shape index (κ2) is 3.94. The van der Waals surface area contributed by atoms with E-state index in [0.717, 1.165) is 6.21 Å². The van der Waals surface area contributed by atoms with Crippen LogP contribution in [0.15, 0.2) is 11.2 Å². The van der Waals surface area contributed by atoms with Gasteiger partial charge in [-0.15, -0.1) is 0 Å². The highest BCUT2D eigenvalue weighted by Gasteiger charge is 2.17. The van der Waals surface area contributed by atoms with E-state index in [4.69, 9.17) is 17.0 Å². The Bertz CT molecular complexity index is 362. The number of H-pyrrole nitrogens is 1. The smallest absolute Gasteiger partial charge is 0.131 e. The lowest BCUT2D eigenvalue weighted by Gasteiger charge is -2.13. The van der Waals surface area contributed by atoms with Crippen molar-refractivity contribution in [2.45, 2.75) is 19.4 Å². The number of hydrogen-bond donors (Lipinski definition) is 3. The molecule has 0 saturated carbocycles. The zero-order chi connectivity index (χ0) is 10.8. The summed E-state index contributed by atoms with van der Waals surface area (Å²) in [7, 11) is 0. The van der Waals surface area contributed by atoms with Crippen LogP contribution in [-0.2, 0) is 5.60 Å². The fourth-order valence-electron chi connectivity index (χ4n) is 0.893. The van der Waals surface area contributed by atoms with Crippen molar-refractivity contribution in [2.24, 2.45) is 0 Å². The van der Waals surface area contributed by atoms with Crippen LogP contribution in [0.4, 0.5) is 0 Å². The van der Waals surface area contributed by atoms with Crippen molar-refractivity contribution < 1.29 is 5.11 Å². The number of hydrogen-bond acceptors (Lipinski definition) is 3. The number of nitrogens with zero attached hydrogens (tertiary/aromatic N) is 1. The van der Waals surface area contributed by atoms with Gasteiger partial charge >= 0.3 is 0 Å². The summed E-state index contributed by atoms with van der Waals surface area (Å²) >= 11 is 5.62. The first-order valence-electron chi connectivity index (χ1n) is 4.09. The lowest BCUT2D eigenvalue weighted by atomic mass is 10.1. The van der Waals surface area contributed by atoms with E-state index in [9.17, 15) is 5.11 Å². The highest BCUT2D eigenvalue weighted by Crippen LogP contribution is 2.17. The minimum absolute atomic E-state index is 0.279. The number of allylic oxidation sites excluding steroid dienone is 1. The van der Waals surface area contributed by atoms with Gasteiger partial charge in [-0.2, -0.15) is 0 Å². The summed E-state index contributed by atoms with van der Waals surface area (Å²) in [6.07, 6.45) is 4.08. The van der Waals surface area contributed by atoms with Crippen LogP contribution in [0.25, 0.3) is 6.08 Å². The molecule has 0 unspecified atom stereocenters. The van der Waals surface area contributed by atoms with Crippen molar-refractivity contribution in [1.29, 1.82) is 5.41 Å². The van der Waals surface area contributed by atoms with Crippen LogP contribution in [-0.4, -0.2) is 21.3 Å². The van der Waals surface area contributed by atoms with E-state index in [1.807, 2.05) is 0 Å². The number of aliphatic hydroxyl groups is 1. The Kier molecular flexibility index (Phi) is 3.08. The fraction of sp³-hybridized carbons (Fsp3) is 0.333. The minimum Gasteiger partial charge on any atom is -0.384 e. The maximum Gasteiger partial charge on any atom is 0.131 e. The quantitative estimate of drug-likeness (QED) is 0.671. The molecule has 0 aliphatic carbocycles. The van der Waals surface area contributed by atoms with Crippen molar-refractivity contribution in [3.05, 3.63) is 22.7 Å². The van der Waals surface area contributed by atoms with Crippen LogP contribution in [0.2, 0.25) is 0 Å². The van der Waals surface area contributed by atoms with Gasteiger partial charge in [-0.1, -0.05) is 11.6 Å². The van der Waals surface area contributed by atoms with Gasteiger partial charge in [0, 0.05) is 12.3 Å². The zero-order valence-corrected chi connectivity index (χ0v) is 8.76. The molecule has 0 spiro atoms. The molecule has 0 radical (unpaired) electrons. The van der Waals surface area contributed by atoms with E-state index in [0.29, 0.717) is 11.5 Å². The topological polar surface area (TPSA) is 72.8 Å². The summed E-state index contributed by atoms with van der Waals surface area (Å²) in [6.45, 7) is 3.32. The lowest BCUT2D eigenvalue weighted by molar-refractivity contribution is 0.0743. The van der Waals surface area contributed by atoms with Gasteiger partial charge in [0.15, 0.2) is 0 Å². The molecule has 76 valence electrons. The number of aromatic amines is 1. The molecule has 1 rings (SSSR count). The molecule has 4 nitrogen and oxygen atoms in total. The summed E-state index contributed by atoms with van der Waals surface area (Å²) in [4.78, 5) is 6.88. The van der Waals surface area contributed by atoms with E-state index >= 15 is 0 Å². The SMILES string of the molecule is CC(C)(O)c1cnc(/C=C(/Cl)C=N)[nH]1. The van der Waals surface area contributed by atoms with Gasteiger partial charge in [-0.25, -0.2) is 4.98 Å². The number of imidazole rings is 1. The summed E-state index contributed by atoms with van der Waals surface area (Å²) in [5, 5.41) is 16.8. The molecule has 0 saturated heterocycles. The van der Waals surface area contributed by atoms with Gasteiger partial charge in [0.2, 0.25) is 0 Å². The normalized spacial score (nSPS) is 13.0.